The van der Waals surface area contributed by atoms with Crippen molar-refractivity contribution in [1.82, 2.24) is 4.31 Å². The van der Waals surface area contributed by atoms with Crippen LogP contribution in [0.4, 0.5) is 5.69 Å². The van der Waals surface area contributed by atoms with Gasteiger partial charge in [0.1, 0.15) is 10.6 Å². The summed E-state index contributed by atoms with van der Waals surface area (Å²) in [5.41, 5.74) is 0.478. The molecule has 8 heteroatoms. The molecule has 2 rings (SSSR count). The largest absolute Gasteiger partial charge is 0.482 e. The third-order valence-electron chi connectivity index (χ3n) is 3.81. The van der Waals surface area contributed by atoms with E-state index in [1.165, 1.54) is 10.4 Å². The van der Waals surface area contributed by atoms with Gasteiger partial charge in [-0.1, -0.05) is 26.7 Å². The zero-order valence-electron chi connectivity index (χ0n) is 14.0. The predicted octanol–water partition coefficient (Wildman–Crippen LogP) is 3.37. The van der Waals surface area contributed by atoms with Gasteiger partial charge < -0.3 is 10.1 Å². The average molecular weight is 419 g/mol. The van der Waals surface area contributed by atoms with Crippen molar-refractivity contribution in [3.8, 4) is 5.75 Å². The molecule has 1 aliphatic heterocycles. The molecule has 0 aliphatic carbocycles. The first kappa shape index (κ1) is 19.2. The summed E-state index contributed by atoms with van der Waals surface area (Å²) in [7, 11) is -3.63. The highest BCUT2D eigenvalue weighted by Gasteiger charge is 2.29. The van der Waals surface area contributed by atoms with Crippen molar-refractivity contribution in [2.24, 2.45) is 0 Å². The van der Waals surface area contributed by atoms with E-state index in [1.807, 2.05) is 13.8 Å². The van der Waals surface area contributed by atoms with Crippen LogP contribution in [0.15, 0.2) is 21.5 Å². The molecule has 0 aromatic heterocycles. The van der Waals surface area contributed by atoms with E-state index in [2.05, 4.69) is 21.2 Å². The van der Waals surface area contributed by atoms with Gasteiger partial charge in [-0.2, -0.15) is 4.31 Å². The van der Waals surface area contributed by atoms with E-state index in [4.69, 9.17) is 4.74 Å². The van der Waals surface area contributed by atoms with E-state index < -0.39 is 10.0 Å². The molecule has 1 aromatic rings. The second kappa shape index (κ2) is 8.31. The number of carbonyl (C=O) groups excluding carboxylic acids is 1. The molecule has 1 aromatic carbocycles. The minimum absolute atomic E-state index is 0.108. The van der Waals surface area contributed by atoms with Gasteiger partial charge in [0.05, 0.1) is 5.69 Å². The summed E-state index contributed by atoms with van der Waals surface area (Å²) < 4.78 is 33.4. The lowest BCUT2D eigenvalue weighted by molar-refractivity contribution is -0.118. The number of nitrogens with one attached hydrogen (secondary N) is 1. The molecule has 24 heavy (non-hydrogen) atoms. The van der Waals surface area contributed by atoms with Gasteiger partial charge in [0.15, 0.2) is 6.61 Å². The number of nitrogens with zero attached hydrogens (tertiary/aromatic N) is 1. The van der Waals surface area contributed by atoms with Gasteiger partial charge in [0, 0.05) is 23.6 Å². The van der Waals surface area contributed by atoms with Crippen LogP contribution in [-0.2, 0) is 14.8 Å². The number of anilines is 1. The normalized spacial score (nSPS) is 14.2. The fourth-order valence-corrected chi connectivity index (χ4v) is 4.97. The van der Waals surface area contributed by atoms with Crippen molar-refractivity contribution < 1.29 is 17.9 Å². The summed E-state index contributed by atoms with van der Waals surface area (Å²) in [6.07, 6.45) is 3.49. The number of amides is 1. The molecule has 0 saturated carbocycles. The summed E-state index contributed by atoms with van der Waals surface area (Å²) in [4.78, 5) is 11.6. The first-order valence-electron chi connectivity index (χ1n) is 8.16. The Morgan fingerprint density at radius 1 is 1.21 bits per heavy atom. The van der Waals surface area contributed by atoms with E-state index in [-0.39, 0.29) is 17.4 Å². The van der Waals surface area contributed by atoms with Gasteiger partial charge in [-0.25, -0.2) is 8.42 Å². The summed E-state index contributed by atoms with van der Waals surface area (Å²) >= 11 is 3.32. The minimum atomic E-state index is -3.63. The first-order chi connectivity index (χ1) is 11.4. The standard InChI is InChI=1S/C16H23BrN2O4S/c1-3-5-7-19(8-6-4-2)24(21,22)15-10-14-13(9-12(15)17)18-16(20)11-23-14/h9-10H,3-8,11H2,1-2H3,(H,18,20). The van der Waals surface area contributed by atoms with E-state index >= 15 is 0 Å². The summed E-state index contributed by atoms with van der Waals surface area (Å²) in [6.45, 7) is 4.97. The molecule has 1 aliphatic rings. The van der Waals surface area contributed by atoms with E-state index in [0.717, 1.165) is 25.7 Å². The van der Waals surface area contributed by atoms with Crippen LogP contribution in [0.5, 0.6) is 5.75 Å². The predicted molar refractivity (Wildman–Crippen MR) is 96.8 cm³/mol. The number of benzene rings is 1. The molecule has 0 spiro atoms. The van der Waals surface area contributed by atoms with Crippen LogP contribution in [0.1, 0.15) is 39.5 Å². The molecule has 134 valence electrons. The van der Waals surface area contributed by atoms with Crippen LogP contribution in [0.25, 0.3) is 0 Å². The fraction of sp³-hybridized carbons (Fsp3) is 0.562. The highest BCUT2D eigenvalue weighted by Crippen LogP contribution is 2.37. The summed E-state index contributed by atoms with van der Waals surface area (Å²) in [5, 5.41) is 2.67. The molecule has 0 atom stereocenters. The van der Waals surface area contributed by atoms with E-state index in [9.17, 15) is 13.2 Å². The van der Waals surface area contributed by atoms with E-state index in [0.29, 0.717) is 29.0 Å². The Kier molecular flexibility index (Phi) is 6.65. The van der Waals surface area contributed by atoms with Crippen LogP contribution >= 0.6 is 15.9 Å². The lowest BCUT2D eigenvalue weighted by Crippen LogP contribution is -2.33. The third kappa shape index (κ3) is 4.29. The van der Waals surface area contributed by atoms with Crippen molar-refractivity contribution in [2.45, 2.75) is 44.4 Å². The molecule has 1 heterocycles. The number of halogens is 1. The molecule has 1 N–H and O–H groups in total. The molecule has 6 nitrogen and oxygen atoms in total. The van der Waals surface area contributed by atoms with Gasteiger partial charge in [-0.05, 0) is 34.8 Å². The second-order valence-corrected chi connectivity index (χ2v) is 8.49. The number of hydrogen-bond donors (Lipinski definition) is 1. The average Bonchev–Trinajstić information content (AvgIpc) is 2.53. The van der Waals surface area contributed by atoms with Gasteiger partial charge >= 0.3 is 0 Å². The highest BCUT2D eigenvalue weighted by atomic mass is 79.9. The maximum Gasteiger partial charge on any atom is 0.262 e. The lowest BCUT2D eigenvalue weighted by atomic mass is 10.2. The van der Waals surface area contributed by atoms with Crippen LogP contribution in [-0.4, -0.2) is 38.3 Å². The maximum atomic E-state index is 13.1. The Bertz CT molecular complexity index is 698. The Balaban J connectivity index is 2.37. The smallest absolute Gasteiger partial charge is 0.262 e. The van der Waals surface area contributed by atoms with Crippen LogP contribution < -0.4 is 10.1 Å². The monoisotopic (exact) mass is 418 g/mol. The van der Waals surface area contributed by atoms with Gasteiger partial charge in [0.2, 0.25) is 10.0 Å². The Morgan fingerprint density at radius 2 is 1.83 bits per heavy atom. The number of fused-ring (bicyclic) bond motifs is 1. The van der Waals surface area contributed by atoms with Crippen LogP contribution in [0, 0.1) is 0 Å². The second-order valence-electron chi connectivity index (χ2n) is 5.73. The molecular formula is C16H23BrN2O4S. The highest BCUT2D eigenvalue weighted by molar-refractivity contribution is 9.10. The van der Waals surface area contributed by atoms with Crippen molar-refractivity contribution >= 4 is 37.5 Å². The van der Waals surface area contributed by atoms with Gasteiger partial charge in [-0.15, -0.1) is 0 Å². The number of sulfonamides is 1. The fourth-order valence-electron chi connectivity index (χ4n) is 2.44. The van der Waals surface area contributed by atoms with Crippen molar-refractivity contribution in [2.75, 3.05) is 25.0 Å². The minimum Gasteiger partial charge on any atom is -0.482 e. The Labute approximate surface area is 151 Å². The number of rotatable bonds is 8. The van der Waals surface area contributed by atoms with Crippen molar-refractivity contribution in [3.05, 3.63) is 16.6 Å². The molecule has 0 bridgehead atoms. The molecule has 1 amide bonds. The van der Waals surface area contributed by atoms with Crippen LogP contribution in [0.2, 0.25) is 0 Å². The number of hydrogen-bond acceptors (Lipinski definition) is 4. The lowest BCUT2D eigenvalue weighted by Gasteiger charge is -2.24. The molecule has 0 fully saturated rings. The van der Waals surface area contributed by atoms with Gasteiger partial charge in [0.25, 0.3) is 5.91 Å². The SMILES string of the molecule is CCCCN(CCCC)S(=O)(=O)c1cc2c(cc1Br)NC(=O)CO2. The van der Waals surface area contributed by atoms with E-state index in [1.54, 1.807) is 6.07 Å². The number of unbranched alkanes of at least 4 members (excludes halogenated alkanes) is 2. The summed E-state index contributed by atoms with van der Waals surface area (Å²) in [6, 6.07) is 3.07. The number of ether oxygens (including phenoxy) is 1. The van der Waals surface area contributed by atoms with Crippen molar-refractivity contribution in [3.63, 3.8) is 0 Å². The van der Waals surface area contributed by atoms with Gasteiger partial charge in [-0.3, -0.25) is 4.79 Å². The molecule has 0 radical (unpaired) electrons. The zero-order valence-corrected chi connectivity index (χ0v) is 16.4. The molecular weight excluding hydrogens is 396 g/mol. The third-order valence-corrected chi connectivity index (χ3v) is 6.66. The van der Waals surface area contributed by atoms with Crippen LogP contribution in [0.3, 0.4) is 0 Å². The summed E-state index contributed by atoms with van der Waals surface area (Å²) in [5.74, 6) is 0.125. The number of carbonyl (C=O) groups is 1. The quantitative estimate of drug-likeness (QED) is 0.701. The first-order valence-corrected chi connectivity index (χ1v) is 10.4. The Morgan fingerprint density at radius 3 is 2.42 bits per heavy atom. The maximum absolute atomic E-state index is 13.1. The molecule has 0 unspecified atom stereocenters. The topological polar surface area (TPSA) is 75.7 Å². The molecule has 0 saturated heterocycles. The zero-order chi connectivity index (χ0) is 17.7. The Hall–Kier alpha value is -1.12. The van der Waals surface area contributed by atoms with Crippen molar-refractivity contribution in [1.29, 1.82) is 0 Å².